The minimum Gasteiger partial charge on any atom is -0.479 e. The molecule has 0 saturated carbocycles. The number of aliphatic carboxylic acids is 1. The number of carboxylic acid groups (broad SMARTS) is 1. The van der Waals surface area contributed by atoms with Gasteiger partial charge in [-0.25, -0.2) is 4.79 Å². The van der Waals surface area contributed by atoms with Crippen molar-refractivity contribution in [3.63, 3.8) is 0 Å². The number of benzene rings is 2. The lowest BCUT2D eigenvalue weighted by molar-refractivity contribution is -0.142. The Hall–Kier alpha value is -2.80. The summed E-state index contributed by atoms with van der Waals surface area (Å²) >= 11 is 5.95. The van der Waals surface area contributed by atoms with Crippen LogP contribution < -0.4 is 16.0 Å². The maximum absolute atomic E-state index is 11.9. The van der Waals surface area contributed by atoms with Crippen molar-refractivity contribution in [2.45, 2.75) is 11.6 Å². The fraction of sp³-hybridized carbons (Fsp3) is 0.227. The SMILES string of the molecule is O=C(O)C1(c2cccc(NCCNCC(O)c3cccc(Cl)c3)c2)C=CC=CN1. The molecular weight excluding hydrogens is 390 g/mol. The number of aliphatic hydroxyl groups excluding tert-OH is 1. The van der Waals surface area contributed by atoms with Gasteiger partial charge in [0.1, 0.15) is 0 Å². The Morgan fingerprint density at radius 1 is 1.14 bits per heavy atom. The average Bonchev–Trinajstić information content (AvgIpc) is 2.74. The number of carbonyl (C=O) groups is 1. The van der Waals surface area contributed by atoms with Crippen LogP contribution in [0.4, 0.5) is 5.69 Å². The number of aliphatic hydroxyl groups is 1. The van der Waals surface area contributed by atoms with Crippen molar-refractivity contribution in [3.8, 4) is 0 Å². The molecule has 5 N–H and O–H groups in total. The Balaban J connectivity index is 1.52. The molecule has 7 heteroatoms. The molecule has 0 aromatic heterocycles. The van der Waals surface area contributed by atoms with Gasteiger partial charge in [0, 0.05) is 30.3 Å². The van der Waals surface area contributed by atoms with Gasteiger partial charge in [0.15, 0.2) is 5.54 Å². The fourth-order valence-electron chi connectivity index (χ4n) is 3.16. The van der Waals surface area contributed by atoms with Crippen LogP contribution >= 0.6 is 11.6 Å². The summed E-state index contributed by atoms with van der Waals surface area (Å²) in [6.45, 7) is 1.66. The summed E-state index contributed by atoms with van der Waals surface area (Å²) in [5.41, 5.74) is 0.961. The molecule has 1 aliphatic heterocycles. The molecule has 2 atom stereocenters. The summed E-state index contributed by atoms with van der Waals surface area (Å²) in [6, 6.07) is 14.5. The van der Waals surface area contributed by atoms with Gasteiger partial charge >= 0.3 is 5.97 Å². The lowest BCUT2D eigenvalue weighted by Gasteiger charge is -2.29. The maximum atomic E-state index is 11.9. The van der Waals surface area contributed by atoms with Gasteiger partial charge in [0.25, 0.3) is 0 Å². The first-order valence-electron chi connectivity index (χ1n) is 9.35. The fourth-order valence-corrected chi connectivity index (χ4v) is 3.36. The van der Waals surface area contributed by atoms with Crippen LogP contribution in [0.15, 0.2) is 73.0 Å². The third-order valence-corrected chi connectivity index (χ3v) is 4.96. The first-order chi connectivity index (χ1) is 14.0. The summed E-state index contributed by atoms with van der Waals surface area (Å²) in [6.07, 6.45) is 6.10. The Morgan fingerprint density at radius 2 is 1.97 bits per heavy atom. The van der Waals surface area contributed by atoms with E-state index in [1.807, 2.05) is 30.3 Å². The van der Waals surface area contributed by atoms with E-state index in [0.717, 1.165) is 11.3 Å². The average molecular weight is 414 g/mol. The van der Waals surface area contributed by atoms with Crippen LogP contribution in [0.3, 0.4) is 0 Å². The Labute approximate surface area is 174 Å². The van der Waals surface area contributed by atoms with Gasteiger partial charge in [-0.05, 0) is 53.7 Å². The topological polar surface area (TPSA) is 93.6 Å². The number of carboxylic acids is 1. The molecule has 152 valence electrons. The van der Waals surface area contributed by atoms with Gasteiger partial charge in [0.2, 0.25) is 0 Å². The van der Waals surface area contributed by atoms with E-state index in [-0.39, 0.29) is 0 Å². The summed E-state index contributed by atoms with van der Waals surface area (Å²) in [4.78, 5) is 11.9. The lowest BCUT2D eigenvalue weighted by atomic mass is 9.88. The largest absolute Gasteiger partial charge is 0.479 e. The van der Waals surface area contributed by atoms with Crippen LogP contribution in [0, 0.1) is 0 Å². The molecule has 29 heavy (non-hydrogen) atoms. The van der Waals surface area contributed by atoms with Crippen LogP contribution in [0.5, 0.6) is 0 Å². The zero-order chi connectivity index (χ0) is 20.7. The highest BCUT2D eigenvalue weighted by molar-refractivity contribution is 6.30. The highest BCUT2D eigenvalue weighted by Gasteiger charge is 2.37. The van der Waals surface area contributed by atoms with Crippen LogP contribution in [0.25, 0.3) is 0 Å². The van der Waals surface area contributed by atoms with Crippen LogP contribution in [-0.4, -0.2) is 35.8 Å². The number of hydrogen-bond acceptors (Lipinski definition) is 5. The van der Waals surface area contributed by atoms with Crippen molar-refractivity contribution in [2.24, 2.45) is 0 Å². The van der Waals surface area contributed by atoms with E-state index in [2.05, 4.69) is 16.0 Å². The van der Waals surface area contributed by atoms with E-state index in [1.165, 1.54) is 0 Å². The van der Waals surface area contributed by atoms with Crippen molar-refractivity contribution in [1.82, 2.24) is 10.6 Å². The number of halogens is 1. The maximum Gasteiger partial charge on any atom is 0.338 e. The van der Waals surface area contributed by atoms with E-state index in [1.54, 1.807) is 42.6 Å². The monoisotopic (exact) mass is 413 g/mol. The van der Waals surface area contributed by atoms with E-state index < -0.39 is 17.6 Å². The first kappa shape index (κ1) is 20.9. The normalized spacial score (nSPS) is 18.8. The van der Waals surface area contributed by atoms with E-state index in [4.69, 9.17) is 11.6 Å². The van der Waals surface area contributed by atoms with Gasteiger partial charge in [-0.3, -0.25) is 0 Å². The second kappa shape index (κ2) is 9.60. The van der Waals surface area contributed by atoms with Gasteiger partial charge in [-0.15, -0.1) is 0 Å². The Morgan fingerprint density at radius 3 is 2.69 bits per heavy atom. The van der Waals surface area contributed by atoms with Crippen molar-refractivity contribution >= 4 is 23.3 Å². The standard InChI is InChI=1S/C22H24ClN3O3/c23-18-7-3-5-16(13-18)20(27)15-24-11-12-25-19-8-4-6-17(14-19)22(21(28)29)9-1-2-10-26-22/h1-10,13-14,20,24-27H,11-12,15H2,(H,28,29). The number of dihydropyridines is 1. The van der Waals surface area contributed by atoms with Gasteiger partial charge in [0.05, 0.1) is 6.10 Å². The zero-order valence-electron chi connectivity index (χ0n) is 15.8. The number of nitrogens with one attached hydrogen (secondary N) is 3. The number of rotatable bonds is 9. The van der Waals surface area contributed by atoms with E-state index in [9.17, 15) is 15.0 Å². The van der Waals surface area contributed by atoms with Gasteiger partial charge < -0.3 is 26.2 Å². The van der Waals surface area contributed by atoms with E-state index in [0.29, 0.717) is 30.2 Å². The Kier molecular flexibility index (Phi) is 6.93. The number of allylic oxidation sites excluding steroid dienone is 2. The minimum absolute atomic E-state index is 0.408. The highest BCUT2D eigenvalue weighted by atomic mass is 35.5. The third kappa shape index (κ3) is 5.17. The molecule has 0 spiro atoms. The van der Waals surface area contributed by atoms with Gasteiger partial charge in [-0.1, -0.05) is 41.9 Å². The van der Waals surface area contributed by atoms with Crippen molar-refractivity contribution < 1.29 is 15.0 Å². The minimum atomic E-state index is -1.27. The van der Waals surface area contributed by atoms with Crippen LogP contribution in [0.2, 0.25) is 5.02 Å². The second-order valence-electron chi connectivity index (χ2n) is 6.76. The third-order valence-electron chi connectivity index (χ3n) is 4.72. The van der Waals surface area contributed by atoms with Crippen molar-refractivity contribution in [3.05, 3.63) is 89.1 Å². The number of anilines is 1. The smallest absolute Gasteiger partial charge is 0.338 e. The molecular formula is C22H24ClN3O3. The summed E-state index contributed by atoms with van der Waals surface area (Å²) in [5.74, 6) is -0.966. The molecule has 0 radical (unpaired) electrons. The molecule has 6 nitrogen and oxygen atoms in total. The molecule has 3 rings (SSSR count). The molecule has 0 fully saturated rings. The molecule has 0 amide bonds. The summed E-state index contributed by atoms with van der Waals surface area (Å²) < 4.78 is 0. The quantitative estimate of drug-likeness (QED) is 0.406. The molecule has 1 heterocycles. The molecule has 0 bridgehead atoms. The zero-order valence-corrected chi connectivity index (χ0v) is 16.6. The molecule has 1 aliphatic rings. The predicted molar refractivity (Wildman–Crippen MR) is 115 cm³/mol. The molecule has 0 aliphatic carbocycles. The summed E-state index contributed by atoms with van der Waals surface area (Å²) in [7, 11) is 0. The molecule has 2 aromatic carbocycles. The van der Waals surface area contributed by atoms with Gasteiger partial charge in [-0.2, -0.15) is 0 Å². The van der Waals surface area contributed by atoms with E-state index >= 15 is 0 Å². The Bertz CT molecular complexity index is 916. The molecule has 0 saturated heterocycles. The van der Waals surface area contributed by atoms with Crippen molar-refractivity contribution in [1.29, 1.82) is 0 Å². The lowest BCUT2D eigenvalue weighted by Crippen LogP contribution is -2.46. The highest BCUT2D eigenvalue weighted by Crippen LogP contribution is 2.27. The summed E-state index contributed by atoms with van der Waals surface area (Å²) in [5, 5.41) is 29.9. The second-order valence-corrected chi connectivity index (χ2v) is 7.19. The van der Waals surface area contributed by atoms with Crippen LogP contribution in [-0.2, 0) is 10.3 Å². The van der Waals surface area contributed by atoms with Crippen LogP contribution in [0.1, 0.15) is 17.2 Å². The predicted octanol–water partition coefficient (Wildman–Crippen LogP) is 3.03. The molecule has 2 aromatic rings. The molecule has 2 unspecified atom stereocenters. The van der Waals surface area contributed by atoms with Crippen molar-refractivity contribution in [2.75, 3.05) is 25.0 Å². The number of hydrogen-bond donors (Lipinski definition) is 5. The first-order valence-corrected chi connectivity index (χ1v) is 9.73.